The lowest BCUT2D eigenvalue weighted by molar-refractivity contribution is 0.864. The second-order valence-corrected chi connectivity index (χ2v) is 2.47. The molecule has 0 aromatic rings. The summed E-state index contributed by atoms with van der Waals surface area (Å²) in [5.74, 6) is 0. The first-order valence-corrected chi connectivity index (χ1v) is 3.49. The fourth-order valence-corrected chi connectivity index (χ4v) is 0.942. The molecular weight excluding hydrogens is 124 g/mol. The molecule has 0 bridgehead atoms. The second kappa shape index (κ2) is 3.30. The fourth-order valence-electron chi connectivity index (χ4n) is 0.942. The maximum atomic E-state index is 3.96. The molecule has 0 aromatic heterocycles. The Hall–Kier alpha value is -0.920. The topological polar surface area (TPSA) is 24.7 Å². The average Bonchev–Trinajstić information content (AvgIpc) is 1.95. The van der Waals surface area contributed by atoms with Gasteiger partial charge >= 0.3 is 0 Å². The predicted molar refractivity (Wildman–Crippen MR) is 41.9 cm³/mol. The Labute approximate surface area is 61.4 Å². The maximum absolute atomic E-state index is 3.96. The van der Waals surface area contributed by atoms with Crippen LogP contribution in [0.25, 0.3) is 0 Å². The lowest BCUT2D eigenvalue weighted by atomic mass is 10.1. The Morgan fingerprint density at radius 3 is 2.60 bits per heavy atom. The molecule has 2 nitrogen and oxygen atoms in total. The fraction of sp³-hybridized carbons (Fsp3) is 0.500. The smallest absolute Gasteiger partial charge is 0.0629 e. The third-order valence-electron chi connectivity index (χ3n) is 1.56. The largest absolute Gasteiger partial charge is 0.192 e. The van der Waals surface area contributed by atoms with Gasteiger partial charge in [0.05, 0.1) is 5.70 Å². The molecule has 0 spiro atoms. The van der Waals surface area contributed by atoms with E-state index in [9.17, 15) is 0 Å². The van der Waals surface area contributed by atoms with Crippen LogP contribution in [-0.4, -0.2) is 7.05 Å². The van der Waals surface area contributed by atoms with Gasteiger partial charge in [-0.05, 0) is 25.8 Å². The van der Waals surface area contributed by atoms with Crippen molar-refractivity contribution < 1.29 is 0 Å². The molecule has 0 N–H and O–H groups in total. The van der Waals surface area contributed by atoms with Crippen LogP contribution >= 0.6 is 0 Å². The van der Waals surface area contributed by atoms with Crippen LogP contribution < -0.4 is 0 Å². The Balaban J connectivity index is 2.64. The molecule has 1 aliphatic carbocycles. The first-order chi connectivity index (χ1) is 4.83. The van der Waals surface area contributed by atoms with Gasteiger partial charge in [-0.25, -0.2) is 0 Å². The number of azo groups is 1. The van der Waals surface area contributed by atoms with E-state index in [2.05, 4.69) is 23.2 Å². The molecule has 1 aliphatic rings. The van der Waals surface area contributed by atoms with Gasteiger partial charge in [-0.3, -0.25) is 0 Å². The molecule has 0 aromatic carbocycles. The zero-order chi connectivity index (χ0) is 7.40. The van der Waals surface area contributed by atoms with Gasteiger partial charge < -0.3 is 0 Å². The van der Waals surface area contributed by atoms with Gasteiger partial charge in [-0.15, -0.1) is 0 Å². The highest BCUT2D eigenvalue weighted by Crippen LogP contribution is 2.18. The molecular formula is C8H12N2. The molecule has 0 saturated carbocycles. The quantitative estimate of drug-likeness (QED) is 0.495. The van der Waals surface area contributed by atoms with Gasteiger partial charge in [0.2, 0.25) is 0 Å². The minimum atomic E-state index is 1.04. The highest BCUT2D eigenvalue weighted by atomic mass is 15.1. The Morgan fingerprint density at radius 2 is 2.10 bits per heavy atom. The zero-order valence-corrected chi connectivity index (χ0v) is 6.46. The van der Waals surface area contributed by atoms with Gasteiger partial charge in [0.1, 0.15) is 0 Å². The van der Waals surface area contributed by atoms with E-state index in [4.69, 9.17) is 0 Å². The van der Waals surface area contributed by atoms with Crippen molar-refractivity contribution in [2.45, 2.75) is 19.8 Å². The van der Waals surface area contributed by atoms with E-state index in [0.29, 0.717) is 0 Å². The molecule has 54 valence electrons. The van der Waals surface area contributed by atoms with Gasteiger partial charge in [0.15, 0.2) is 0 Å². The van der Waals surface area contributed by atoms with Crippen LogP contribution in [0.5, 0.6) is 0 Å². The summed E-state index contributed by atoms with van der Waals surface area (Å²) < 4.78 is 0. The van der Waals surface area contributed by atoms with E-state index in [1.165, 1.54) is 5.57 Å². The summed E-state index contributed by atoms with van der Waals surface area (Å²) in [6.07, 6.45) is 6.31. The van der Waals surface area contributed by atoms with Gasteiger partial charge in [0, 0.05) is 7.05 Å². The normalized spacial score (nSPS) is 19.0. The van der Waals surface area contributed by atoms with E-state index in [1.54, 1.807) is 7.05 Å². The van der Waals surface area contributed by atoms with Gasteiger partial charge in [0.25, 0.3) is 0 Å². The van der Waals surface area contributed by atoms with Crippen molar-refractivity contribution >= 4 is 0 Å². The van der Waals surface area contributed by atoms with Crippen molar-refractivity contribution in [2.24, 2.45) is 10.2 Å². The summed E-state index contributed by atoms with van der Waals surface area (Å²) in [5.41, 5.74) is 2.52. The van der Waals surface area contributed by atoms with Crippen LogP contribution in [0.3, 0.4) is 0 Å². The van der Waals surface area contributed by atoms with E-state index >= 15 is 0 Å². The summed E-state index contributed by atoms with van der Waals surface area (Å²) in [6.45, 7) is 2.14. The van der Waals surface area contributed by atoms with Gasteiger partial charge in [-0.2, -0.15) is 10.2 Å². The van der Waals surface area contributed by atoms with Crippen LogP contribution in [0, 0.1) is 0 Å². The molecule has 0 unspecified atom stereocenters. The predicted octanol–water partition coefficient (Wildman–Crippen LogP) is 2.69. The molecule has 0 aliphatic heterocycles. The Morgan fingerprint density at radius 1 is 1.30 bits per heavy atom. The minimum Gasteiger partial charge on any atom is -0.192 e. The van der Waals surface area contributed by atoms with Crippen LogP contribution in [0.4, 0.5) is 0 Å². The third kappa shape index (κ3) is 1.79. The van der Waals surface area contributed by atoms with Crippen molar-refractivity contribution in [3.05, 3.63) is 23.4 Å². The summed E-state index contributed by atoms with van der Waals surface area (Å²) in [6, 6.07) is 0. The molecule has 0 amide bonds. The van der Waals surface area contributed by atoms with Crippen LogP contribution in [-0.2, 0) is 0 Å². The van der Waals surface area contributed by atoms with Crippen LogP contribution in [0.2, 0.25) is 0 Å². The molecule has 0 fully saturated rings. The van der Waals surface area contributed by atoms with Crippen molar-refractivity contribution in [1.82, 2.24) is 0 Å². The summed E-state index contributed by atoms with van der Waals surface area (Å²) >= 11 is 0. The molecule has 10 heavy (non-hydrogen) atoms. The summed E-state index contributed by atoms with van der Waals surface area (Å²) in [4.78, 5) is 0. The number of nitrogens with zero attached hydrogens (tertiary/aromatic N) is 2. The van der Waals surface area contributed by atoms with Crippen molar-refractivity contribution in [2.75, 3.05) is 7.05 Å². The highest BCUT2D eigenvalue weighted by Gasteiger charge is 2.00. The first-order valence-electron chi connectivity index (χ1n) is 3.49. The highest BCUT2D eigenvalue weighted by molar-refractivity contribution is 5.21. The van der Waals surface area contributed by atoms with Crippen LogP contribution in [0.15, 0.2) is 33.7 Å². The SMILES string of the molecule is CN=NC1=CC=C(C)CC1. The molecule has 0 atom stereocenters. The molecule has 0 radical (unpaired) electrons. The minimum absolute atomic E-state index is 1.04. The third-order valence-corrected chi connectivity index (χ3v) is 1.56. The average molecular weight is 136 g/mol. The van der Waals surface area contributed by atoms with Crippen LogP contribution in [0.1, 0.15) is 19.8 Å². The summed E-state index contributed by atoms with van der Waals surface area (Å²) in [7, 11) is 1.70. The van der Waals surface area contributed by atoms with Crippen molar-refractivity contribution in [3.8, 4) is 0 Å². The standard InChI is InChI=1S/C8H12N2/c1-7-3-5-8(6-4-7)10-9-2/h3,5H,4,6H2,1-2H3. The second-order valence-electron chi connectivity index (χ2n) is 2.47. The van der Waals surface area contributed by atoms with E-state index < -0.39 is 0 Å². The Bertz CT molecular complexity index is 199. The maximum Gasteiger partial charge on any atom is 0.0629 e. The molecule has 1 rings (SSSR count). The lowest BCUT2D eigenvalue weighted by Crippen LogP contribution is -1.87. The van der Waals surface area contributed by atoms with E-state index in [1.807, 2.05) is 6.08 Å². The monoisotopic (exact) mass is 136 g/mol. The number of hydrogen-bond donors (Lipinski definition) is 0. The molecule has 0 heterocycles. The number of allylic oxidation sites excluding steroid dienone is 4. The zero-order valence-electron chi connectivity index (χ0n) is 6.46. The van der Waals surface area contributed by atoms with E-state index in [-0.39, 0.29) is 0 Å². The van der Waals surface area contributed by atoms with Gasteiger partial charge in [-0.1, -0.05) is 11.6 Å². The summed E-state index contributed by atoms with van der Waals surface area (Å²) in [5, 5.41) is 7.67. The van der Waals surface area contributed by atoms with Crippen molar-refractivity contribution in [3.63, 3.8) is 0 Å². The number of rotatable bonds is 1. The molecule has 2 heteroatoms. The first kappa shape index (κ1) is 7.19. The lowest BCUT2D eigenvalue weighted by Gasteiger charge is -2.05. The number of hydrogen-bond acceptors (Lipinski definition) is 2. The molecule has 0 saturated heterocycles. The Kier molecular flexibility index (Phi) is 2.37. The van der Waals surface area contributed by atoms with Crippen molar-refractivity contribution in [1.29, 1.82) is 0 Å². The van der Waals surface area contributed by atoms with E-state index in [0.717, 1.165) is 18.5 Å².